The van der Waals surface area contributed by atoms with Gasteiger partial charge in [-0.15, -0.1) is 0 Å². The molecule has 0 saturated carbocycles. The maximum absolute atomic E-state index is 12.0. The summed E-state index contributed by atoms with van der Waals surface area (Å²) in [7, 11) is 0. The first kappa shape index (κ1) is 15.8. The van der Waals surface area contributed by atoms with Crippen LogP contribution in [0.1, 0.15) is 27.0 Å². The molecular weight excluding hydrogens is 278 g/mol. The van der Waals surface area contributed by atoms with Gasteiger partial charge in [0.1, 0.15) is 0 Å². The van der Waals surface area contributed by atoms with Crippen LogP contribution in [0.4, 0.5) is 5.69 Å². The highest BCUT2D eigenvalue weighted by Gasteiger charge is 2.13. The Labute approximate surface area is 130 Å². The largest absolute Gasteiger partial charge is 0.452 e. The number of para-hydroxylation sites is 1. The topological polar surface area (TPSA) is 55.4 Å². The smallest absolute Gasteiger partial charge is 0.338 e. The zero-order valence-corrected chi connectivity index (χ0v) is 13.0. The molecular formula is C18H19NO3. The van der Waals surface area contributed by atoms with Gasteiger partial charge in [0.05, 0.1) is 5.56 Å². The molecule has 0 radical (unpaired) electrons. The standard InChI is InChI=1S/C18H19NO3/c1-12-8-6-9-15(14(12)3)18(21)22-11-17(20)19-16-10-5-4-7-13(16)2/h4-10H,11H2,1-3H3,(H,19,20). The van der Waals surface area contributed by atoms with Gasteiger partial charge in [0.15, 0.2) is 6.61 Å². The normalized spacial score (nSPS) is 10.1. The third-order valence-corrected chi connectivity index (χ3v) is 3.58. The van der Waals surface area contributed by atoms with E-state index in [0.717, 1.165) is 22.4 Å². The second-order valence-corrected chi connectivity index (χ2v) is 5.19. The Kier molecular flexibility index (Phi) is 4.94. The number of carbonyl (C=O) groups is 2. The monoisotopic (exact) mass is 297 g/mol. The number of anilines is 1. The van der Waals surface area contributed by atoms with Crippen molar-refractivity contribution in [3.05, 3.63) is 64.7 Å². The van der Waals surface area contributed by atoms with Gasteiger partial charge >= 0.3 is 5.97 Å². The Hall–Kier alpha value is -2.62. The second-order valence-electron chi connectivity index (χ2n) is 5.19. The SMILES string of the molecule is Cc1ccccc1NC(=O)COC(=O)c1cccc(C)c1C. The fraction of sp³-hybridized carbons (Fsp3) is 0.222. The first-order valence-electron chi connectivity index (χ1n) is 7.08. The minimum absolute atomic E-state index is 0.305. The average Bonchev–Trinajstić information content (AvgIpc) is 2.50. The molecule has 4 nitrogen and oxygen atoms in total. The van der Waals surface area contributed by atoms with Crippen LogP contribution in [0.3, 0.4) is 0 Å². The predicted molar refractivity (Wildman–Crippen MR) is 86.0 cm³/mol. The Bertz CT molecular complexity index is 707. The first-order valence-corrected chi connectivity index (χ1v) is 7.08. The Morgan fingerprint density at radius 3 is 2.36 bits per heavy atom. The van der Waals surface area contributed by atoms with Gasteiger partial charge in [0, 0.05) is 5.69 Å². The minimum Gasteiger partial charge on any atom is -0.452 e. The van der Waals surface area contributed by atoms with Gasteiger partial charge < -0.3 is 10.1 Å². The van der Waals surface area contributed by atoms with E-state index in [1.165, 1.54) is 0 Å². The molecule has 0 aliphatic heterocycles. The van der Waals surface area contributed by atoms with Crippen molar-refractivity contribution in [2.24, 2.45) is 0 Å². The van der Waals surface area contributed by atoms with Crippen molar-refractivity contribution in [3.63, 3.8) is 0 Å². The van der Waals surface area contributed by atoms with Crippen molar-refractivity contribution in [2.45, 2.75) is 20.8 Å². The van der Waals surface area contributed by atoms with Crippen molar-refractivity contribution >= 4 is 17.6 Å². The number of amides is 1. The zero-order valence-electron chi connectivity index (χ0n) is 13.0. The molecule has 2 aromatic rings. The summed E-state index contributed by atoms with van der Waals surface area (Å²) in [6.07, 6.45) is 0. The third kappa shape index (κ3) is 3.73. The summed E-state index contributed by atoms with van der Waals surface area (Å²) in [6.45, 7) is 5.38. The number of nitrogens with one attached hydrogen (secondary N) is 1. The summed E-state index contributed by atoms with van der Waals surface area (Å²) in [5, 5.41) is 2.73. The molecule has 4 heteroatoms. The van der Waals surface area contributed by atoms with Gasteiger partial charge in [-0.1, -0.05) is 30.3 Å². The van der Waals surface area contributed by atoms with Crippen LogP contribution in [-0.2, 0) is 9.53 Å². The van der Waals surface area contributed by atoms with Crippen LogP contribution < -0.4 is 5.32 Å². The number of benzene rings is 2. The lowest BCUT2D eigenvalue weighted by Crippen LogP contribution is -2.21. The summed E-state index contributed by atoms with van der Waals surface area (Å²) < 4.78 is 5.09. The van der Waals surface area contributed by atoms with E-state index in [2.05, 4.69) is 5.32 Å². The summed E-state index contributed by atoms with van der Waals surface area (Å²) in [5.41, 5.74) is 4.04. The van der Waals surface area contributed by atoms with Crippen LogP contribution in [0.5, 0.6) is 0 Å². The lowest BCUT2D eigenvalue weighted by atomic mass is 10.0. The van der Waals surface area contributed by atoms with Crippen LogP contribution in [0.15, 0.2) is 42.5 Å². The summed E-state index contributed by atoms with van der Waals surface area (Å²) in [4.78, 5) is 23.9. The van der Waals surface area contributed by atoms with Crippen molar-refractivity contribution < 1.29 is 14.3 Å². The molecule has 0 heterocycles. The zero-order chi connectivity index (χ0) is 16.1. The van der Waals surface area contributed by atoms with Crippen LogP contribution in [-0.4, -0.2) is 18.5 Å². The third-order valence-electron chi connectivity index (χ3n) is 3.58. The lowest BCUT2D eigenvalue weighted by molar-refractivity contribution is -0.119. The molecule has 2 aromatic carbocycles. The highest BCUT2D eigenvalue weighted by molar-refractivity contribution is 5.96. The summed E-state index contributed by atoms with van der Waals surface area (Å²) in [6, 6.07) is 12.9. The molecule has 2 rings (SSSR count). The van der Waals surface area contributed by atoms with Crippen LogP contribution in [0.2, 0.25) is 0 Å². The number of rotatable bonds is 4. The van der Waals surface area contributed by atoms with Crippen LogP contribution >= 0.6 is 0 Å². The van der Waals surface area contributed by atoms with E-state index in [1.54, 1.807) is 18.2 Å². The van der Waals surface area contributed by atoms with Gasteiger partial charge in [0.25, 0.3) is 5.91 Å². The Morgan fingerprint density at radius 1 is 0.955 bits per heavy atom. The van der Waals surface area contributed by atoms with Crippen molar-refractivity contribution in [1.29, 1.82) is 0 Å². The molecule has 0 aromatic heterocycles. The molecule has 0 bridgehead atoms. The number of esters is 1. The maximum atomic E-state index is 12.0. The highest BCUT2D eigenvalue weighted by Crippen LogP contribution is 2.15. The summed E-state index contributed by atoms with van der Waals surface area (Å²) >= 11 is 0. The second kappa shape index (κ2) is 6.89. The van der Waals surface area contributed by atoms with E-state index in [9.17, 15) is 9.59 Å². The molecule has 0 aliphatic rings. The molecule has 0 fully saturated rings. The van der Waals surface area contributed by atoms with E-state index in [-0.39, 0.29) is 12.5 Å². The maximum Gasteiger partial charge on any atom is 0.338 e. The Morgan fingerprint density at radius 2 is 1.64 bits per heavy atom. The van der Waals surface area contributed by atoms with E-state index in [4.69, 9.17) is 4.74 Å². The fourth-order valence-corrected chi connectivity index (χ4v) is 2.08. The Balaban J connectivity index is 1.95. The summed E-state index contributed by atoms with van der Waals surface area (Å²) in [5.74, 6) is -0.839. The molecule has 0 atom stereocenters. The molecule has 0 saturated heterocycles. The van der Waals surface area contributed by atoms with Crippen molar-refractivity contribution in [3.8, 4) is 0 Å². The predicted octanol–water partition coefficient (Wildman–Crippen LogP) is 3.41. The molecule has 22 heavy (non-hydrogen) atoms. The van der Waals surface area contributed by atoms with Gasteiger partial charge in [0.2, 0.25) is 0 Å². The molecule has 0 spiro atoms. The molecule has 0 aliphatic carbocycles. The molecule has 0 unspecified atom stereocenters. The molecule has 114 valence electrons. The number of hydrogen-bond acceptors (Lipinski definition) is 3. The average molecular weight is 297 g/mol. The van der Waals surface area contributed by atoms with Crippen molar-refractivity contribution in [1.82, 2.24) is 0 Å². The van der Waals surface area contributed by atoms with Crippen LogP contribution in [0.25, 0.3) is 0 Å². The number of aryl methyl sites for hydroxylation is 2. The van der Waals surface area contributed by atoms with E-state index >= 15 is 0 Å². The van der Waals surface area contributed by atoms with Crippen LogP contribution in [0, 0.1) is 20.8 Å². The number of hydrogen-bond donors (Lipinski definition) is 1. The van der Waals surface area contributed by atoms with Gasteiger partial charge in [-0.25, -0.2) is 4.79 Å². The first-order chi connectivity index (χ1) is 10.5. The fourth-order valence-electron chi connectivity index (χ4n) is 2.08. The molecule has 1 N–H and O–H groups in total. The van der Waals surface area contributed by atoms with Gasteiger partial charge in [-0.3, -0.25) is 4.79 Å². The van der Waals surface area contributed by atoms with E-state index < -0.39 is 5.97 Å². The van der Waals surface area contributed by atoms with Gasteiger partial charge in [-0.2, -0.15) is 0 Å². The quantitative estimate of drug-likeness (QED) is 0.880. The van der Waals surface area contributed by atoms with Crippen molar-refractivity contribution in [2.75, 3.05) is 11.9 Å². The molecule has 1 amide bonds. The number of ether oxygens (including phenoxy) is 1. The highest BCUT2D eigenvalue weighted by atomic mass is 16.5. The number of carbonyl (C=O) groups excluding carboxylic acids is 2. The van der Waals surface area contributed by atoms with E-state index in [1.807, 2.05) is 45.0 Å². The van der Waals surface area contributed by atoms with Gasteiger partial charge in [-0.05, 0) is 49.6 Å². The van der Waals surface area contributed by atoms with E-state index in [0.29, 0.717) is 5.56 Å². The lowest BCUT2D eigenvalue weighted by Gasteiger charge is -2.10. The minimum atomic E-state index is -0.485.